The molecule has 2 aromatic heterocycles. The summed E-state index contributed by atoms with van der Waals surface area (Å²) in [4.78, 5) is 24.1. The first-order valence-corrected chi connectivity index (χ1v) is 20.9. The average Bonchev–Trinajstić information content (AvgIpc) is 3.22. The molecule has 3 nitrogen and oxygen atoms in total. The van der Waals surface area contributed by atoms with Gasteiger partial charge in [0.25, 0.3) is 0 Å². The summed E-state index contributed by atoms with van der Waals surface area (Å²) in [5.74, 6) is 0.189. The number of rotatable bonds is 9. The molecule has 0 radical (unpaired) electrons. The van der Waals surface area contributed by atoms with E-state index in [1.807, 2.05) is 24.5 Å². The first-order valence-electron chi connectivity index (χ1n) is 19.4. The number of carbonyl (C=O) groups is 1. The van der Waals surface area contributed by atoms with Gasteiger partial charge in [-0.15, -0.1) is 0 Å². The van der Waals surface area contributed by atoms with Crippen LogP contribution in [-0.4, -0.2) is 15.8 Å². The monoisotopic (exact) mass is 734 g/mol. The van der Waals surface area contributed by atoms with Crippen molar-refractivity contribution in [1.82, 2.24) is 9.97 Å². The van der Waals surface area contributed by atoms with Gasteiger partial charge in [-0.3, -0.25) is 14.8 Å². The molecule has 3 heterocycles. The van der Waals surface area contributed by atoms with E-state index in [1.165, 1.54) is 60.9 Å². The van der Waals surface area contributed by atoms with Crippen molar-refractivity contribution < 1.29 is 4.79 Å². The zero-order valence-corrected chi connectivity index (χ0v) is 33.0. The molecule has 4 unspecified atom stereocenters. The highest BCUT2D eigenvalue weighted by atomic mass is 31.1. The topological polar surface area (TPSA) is 42.9 Å². The molecule has 0 N–H and O–H groups in total. The summed E-state index contributed by atoms with van der Waals surface area (Å²) in [5.41, 5.74) is 14.7. The lowest BCUT2D eigenvalue weighted by Gasteiger charge is -2.42. The van der Waals surface area contributed by atoms with E-state index in [4.69, 9.17) is 9.97 Å². The summed E-state index contributed by atoms with van der Waals surface area (Å²) >= 11 is 0. The molecule has 0 spiro atoms. The number of Topliss-reactive ketones (excluding diaryl/α,β-unsaturated/α-hetero) is 1. The van der Waals surface area contributed by atoms with Crippen molar-refractivity contribution in [1.29, 1.82) is 0 Å². The first-order chi connectivity index (χ1) is 26.9. The van der Waals surface area contributed by atoms with Gasteiger partial charge in [0.2, 0.25) is 0 Å². The molecule has 0 amide bonds. The third-order valence-corrected chi connectivity index (χ3v) is 14.7. The Hall–Kier alpha value is -5.50. The summed E-state index contributed by atoms with van der Waals surface area (Å²) < 4.78 is 0. The Morgan fingerprint density at radius 2 is 0.855 bits per heavy atom. The van der Waals surface area contributed by atoms with Gasteiger partial charge in [-0.25, -0.2) is 0 Å². The highest BCUT2D eigenvalue weighted by Gasteiger charge is 2.44. The fourth-order valence-electron chi connectivity index (χ4n) is 9.08. The van der Waals surface area contributed by atoms with Crippen LogP contribution in [0.15, 0.2) is 164 Å². The minimum atomic E-state index is -1.13. The second-order valence-electron chi connectivity index (χ2n) is 15.0. The van der Waals surface area contributed by atoms with Crippen LogP contribution < -0.4 is 5.30 Å². The smallest absolute Gasteiger partial charge is 0.134 e. The molecule has 4 heteroatoms. The van der Waals surface area contributed by atoms with Crippen molar-refractivity contribution in [2.75, 3.05) is 0 Å². The van der Waals surface area contributed by atoms with Crippen molar-refractivity contribution in [3.63, 3.8) is 0 Å². The predicted molar refractivity (Wildman–Crippen MR) is 228 cm³/mol. The molecular formula is C51H47N2OP. The quantitative estimate of drug-likeness (QED) is 0.110. The second kappa shape index (κ2) is 16.1. The first kappa shape index (κ1) is 36.5. The summed E-state index contributed by atoms with van der Waals surface area (Å²) in [6.45, 7) is 9.01. The van der Waals surface area contributed by atoms with E-state index < -0.39 is 7.92 Å². The molecule has 1 fully saturated rings. The normalized spacial score (nSPS) is 18.1. The molecule has 1 saturated heterocycles. The SMILES string of the molecule is Cc1cccc(C)c1C(c1ccccc1)c1cccc(C(c2ccccc2)c2c(C)cccc2C)c1P1C(c2ccccn2)CC(=O)CC1c1ccccn1. The number of ketones is 1. The molecule has 1 aliphatic rings. The zero-order chi connectivity index (χ0) is 37.9. The van der Waals surface area contributed by atoms with Crippen molar-refractivity contribution in [2.45, 2.75) is 63.7 Å². The van der Waals surface area contributed by atoms with Gasteiger partial charge in [0.15, 0.2) is 0 Å². The fraction of sp³-hybridized carbons (Fsp3) is 0.196. The molecule has 1 aliphatic heterocycles. The maximum absolute atomic E-state index is 14.1. The number of nitrogens with zero attached hydrogens (tertiary/aromatic N) is 2. The summed E-state index contributed by atoms with van der Waals surface area (Å²) in [5, 5.41) is 1.37. The molecule has 8 rings (SSSR count). The third kappa shape index (κ3) is 7.22. The van der Waals surface area contributed by atoms with Gasteiger partial charge in [-0.05, 0) is 113 Å². The standard InChI is InChI=1S/C51H47N2OP/c1-34-18-15-19-35(2)47(34)49(38-22-7-5-8-23-38)41-26-17-27-42(50(39-24-9-6-10-25-39)48-36(3)20-16-21-37(48)4)51(41)55-45(43-28-11-13-30-52-43)32-40(54)33-46(55)44-29-12-14-31-53-44/h5-31,45-46,49-50H,32-33H2,1-4H3. The van der Waals surface area contributed by atoms with E-state index in [0.717, 1.165) is 11.4 Å². The summed E-state index contributed by atoms with van der Waals surface area (Å²) in [6.07, 6.45) is 4.69. The molecule has 0 saturated carbocycles. The number of benzene rings is 5. The van der Waals surface area contributed by atoms with Crippen molar-refractivity contribution in [2.24, 2.45) is 0 Å². The van der Waals surface area contributed by atoms with Crippen LogP contribution in [0.2, 0.25) is 0 Å². The Labute approximate surface area is 327 Å². The lowest BCUT2D eigenvalue weighted by Crippen LogP contribution is -2.31. The Balaban J connectivity index is 1.54. The lowest BCUT2D eigenvalue weighted by atomic mass is 9.77. The van der Waals surface area contributed by atoms with Crippen LogP contribution in [0.25, 0.3) is 0 Å². The number of hydrogen-bond donors (Lipinski definition) is 0. The second-order valence-corrected chi connectivity index (χ2v) is 17.5. The summed E-state index contributed by atoms with van der Waals surface area (Å²) in [7, 11) is -1.13. The van der Waals surface area contributed by atoms with Gasteiger partial charge in [0, 0.05) is 59.8 Å². The van der Waals surface area contributed by atoms with Crippen LogP contribution >= 0.6 is 7.92 Å². The Morgan fingerprint density at radius 3 is 1.24 bits per heavy atom. The highest BCUT2D eigenvalue weighted by Crippen LogP contribution is 2.67. The molecular weight excluding hydrogens is 688 g/mol. The number of aryl methyl sites for hydroxylation is 4. The minimum Gasteiger partial charge on any atom is -0.300 e. The number of hydrogen-bond acceptors (Lipinski definition) is 3. The highest BCUT2D eigenvalue weighted by molar-refractivity contribution is 7.66. The van der Waals surface area contributed by atoms with Gasteiger partial charge in [0.1, 0.15) is 5.78 Å². The van der Waals surface area contributed by atoms with Crippen molar-refractivity contribution >= 4 is 19.0 Å². The molecule has 0 aliphatic carbocycles. The molecule has 4 atom stereocenters. The Kier molecular flexibility index (Phi) is 10.7. The maximum atomic E-state index is 14.1. The van der Waals surface area contributed by atoms with Gasteiger partial charge in [-0.1, -0.05) is 135 Å². The molecule has 7 aromatic rings. The van der Waals surface area contributed by atoms with Gasteiger partial charge >= 0.3 is 0 Å². The number of pyridine rings is 2. The van der Waals surface area contributed by atoms with Gasteiger partial charge < -0.3 is 0 Å². The average molecular weight is 735 g/mol. The molecule has 5 aromatic carbocycles. The van der Waals surface area contributed by atoms with Gasteiger partial charge in [-0.2, -0.15) is 0 Å². The van der Waals surface area contributed by atoms with E-state index in [2.05, 4.69) is 167 Å². The van der Waals surface area contributed by atoms with Crippen LogP contribution in [0, 0.1) is 27.7 Å². The van der Waals surface area contributed by atoms with Crippen molar-refractivity contribution in [3.05, 3.63) is 231 Å². The van der Waals surface area contributed by atoms with Crippen LogP contribution in [-0.2, 0) is 4.79 Å². The molecule has 0 bridgehead atoms. The van der Waals surface area contributed by atoms with Gasteiger partial charge in [0.05, 0.1) is 0 Å². The molecule has 272 valence electrons. The van der Waals surface area contributed by atoms with Crippen molar-refractivity contribution in [3.8, 4) is 0 Å². The lowest BCUT2D eigenvalue weighted by molar-refractivity contribution is -0.119. The van der Waals surface area contributed by atoms with Crippen LogP contribution in [0.1, 0.15) is 103 Å². The minimum absolute atomic E-state index is 0.0411. The van der Waals surface area contributed by atoms with Crippen LogP contribution in [0.5, 0.6) is 0 Å². The molecule has 55 heavy (non-hydrogen) atoms. The predicted octanol–water partition coefficient (Wildman–Crippen LogP) is 12.0. The van der Waals surface area contributed by atoms with E-state index in [1.54, 1.807) is 0 Å². The van der Waals surface area contributed by atoms with Crippen LogP contribution in [0.3, 0.4) is 0 Å². The largest absolute Gasteiger partial charge is 0.300 e. The zero-order valence-electron chi connectivity index (χ0n) is 32.1. The van der Waals surface area contributed by atoms with E-state index in [9.17, 15) is 4.79 Å². The third-order valence-electron chi connectivity index (χ3n) is 11.5. The Morgan fingerprint density at radius 1 is 0.473 bits per heavy atom. The number of carbonyl (C=O) groups excluding carboxylic acids is 1. The Bertz CT molecular complexity index is 2210. The van der Waals surface area contributed by atoms with E-state index >= 15 is 0 Å². The van der Waals surface area contributed by atoms with E-state index in [0.29, 0.717) is 12.8 Å². The number of aromatic nitrogens is 2. The maximum Gasteiger partial charge on any atom is 0.134 e. The fourth-order valence-corrected chi connectivity index (χ4v) is 12.8. The van der Waals surface area contributed by atoms with E-state index in [-0.39, 0.29) is 28.9 Å². The van der Waals surface area contributed by atoms with Crippen LogP contribution in [0.4, 0.5) is 0 Å². The summed E-state index contributed by atoms with van der Waals surface area (Å²) in [6, 6.07) is 54.8.